The van der Waals surface area contributed by atoms with E-state index in [9.17, 15) is 4.79 Å². The summed E-state index contributed by atoms with van der Waals surface area (Å²) in [5.74, 6) is 0.781. The van der Waals surface area contributed by atoms with E-state index < -0.39 is 0 Å². The summed E-state index contributed by atoms with van der Waals surface area (Å²) in [5, 5.41) is 3.62. The van der Waals surface area contributed by atoms with E-state index in [0.717, 1.165) is 12.8 Å². The van der Waals surface area contributed by atoms with Crippen LogP contribution in [0.2, 0.25) is 0 Å². The minimum absolute atomic E-state index is 0.377. The highest BCUT2D eigenvalue weighted by Gasteiger charge is 2.39. The molecule has 2 saturated heterocycles. The quantitative estimate of drug-likeness (QED) is 0.738. The lowest BCUT2D eigenvalue weighted by Crippen LogP contribution is -2.49. The van der Waals surface area contributed by atoms with Gasteiger partial charge in [-0.3, -0.25) is 4.79 Å². The van der Waals surface area contributed by atoms with E-state index in [1.165, 1.54) is 25.7 Å². The zero-order valence-corrected chi connectivity index (χ0v) is 9.41. The molecule has 0 aromatic heterocycles. The molecule has 1 amide bonds. The van der Waals surface area contributed by atoms with Crippen LogP contribution in [0.3, 0.4) is 0 Å². The fourth-order valence-corrected chi connectivity index (χ4v) is 3.14. The number of piperidine rings is 1. The Labute approximate surface area is 91.2 Å². The maximum atomic E-state index is 11.9. The topological polar surface area (TPSA) is 32.3 Å². The summed E-state index contributed by atoms with van der Waals surface area (Å²) < 4.78 is 0. The van der Waals surface area contributed by atoms with Crippen molar-refractivity contribution in [3.05, 3.63) is 0 Å². The molecule has 2 atom stereocenters. The summed E-state index contributed by atoms with van der Waals surface area (Å²) >= 11 is 0. The molecule has 0 spiro atoms. The maximum absolute atomic E-state index is 11.9. The number of hydrogen-bond donors (Lipinski definition) is 1. The van der Waals surface area contributed by atoms with Crippen LogP contribution in [0.25, 0.3) is 0 Å². The molecule has 1 N–H and O–H groups in total. The molecule has 2 heterocycles. The van der Waals surface area contributed by atoms with Crippen LogP contribution in [0.15, 0.2) is 0 Å². The third-order valence-corrected chi connectivity index (χ3v) is 4.27. The third kappa shape index (κ3) is 1.78. The van der Waals surface area contributed by atoms with Crippen molar-refractivity contribution in [3.8, 4) is 0 Å². The lowest BCUT2D eigenvalue weighted by molar-refractivity contribution is -0.134. The van der Waals surface area contributed by atoms with Gasteiger partial charge in [0.15, 0.2) is 0 Å². The molecule has 2 aliphatic heterocycles. The zero-order valence-electron chi connectivity index (χ0n) is 9.41. The van der Waals surface area contributed by atoms with Crippen LogP contribution in [0, 0.1) is 5.92 Å². The Balaban J connectivity index is 1.64. The Bertz CT molecular complexity index is 263. The Kier molecular flexibility index (Phi) is 2.23. The van der Waals surface area contributed by atoms with Crippen molar-refractivity contribution >= 4 is 5.91 Å². The van der Waals surface area contributed by atoms with Gasteiger partial charge in [0.25, 0.3) is 0 Å². The van der Waals surface area contributed by atoms with Gasteiger partial charge in [-0.05, 0) is 38.5 Å². The molecule has 1 aliphatic carbocycles. The minimum atomic E-state index is 0.377. The summed E-state index contributed by atoms with van der Waals surface area (Å²) in [7, 11) is 2.01. The van der Waals surface area contributed by atoms with E-state index in [4.69, 9.17) is 0 Å². The van der Waals surface area contributed by atoms with Crippen LogP contribution in [0.4, 0.5) is 0 Å². The summed E-state index contributed by atoms with van der Waals surface area (Å²) in [6.45, 7) is 0. The predicted molar refractivity (Wildman–Crippen MR) is 58.5 cm³/mol. The van der Waals surface area contributed by atoms with Crippen molar-refractivity contribution in [2.75, 3.05) is 7.05 Å². The molecule has 0 radical (unpaired) electrons. The lowest BCUT2D eigenvalue weighted by Gasteiger charge is -2.35. The Morgan fingerprint density at radius 2 is 1.73 bits per heavy atom. The number of rotatable bonds is 2. The molecule has 3 nitrogen and oxygen atoms in total. The van der Waals surface area contributed by atoms with E-state index >= 15 is 0 Å². The van der Waals surface area contributed by atoms with Crippen molar-refractivity contribution in [1.82, 2.24) is 10.2 Å². The van der Waals surface area contributed by atoms with Crippen LogP contribution in [0.1, 0.15) is 38.5 Å². The molecule has 3 rings (SSSR count). The van der Waals surface area contributed by atoms with Gasteiger partial charge >= 0.3 is 0 Å². The largest absolute Gasteiger partial charge is 0.342 e. The van der Waals surface area contributed by atoms with Gasteiger partial charge in [-0.15, -0.1) is 0 Å². The Hall–Kier alpha value is -0.570. The first-order valence-electron chi connectivity index (χ1n) is 6.27. The number of carbonyl (C=O) groups excluding carboxylic acids is 1. The normalized spacial score (nSPS) is 39.1. The average Bonchev–Trinajstić information content (AvgIpc) is 3.03. The second-order valence-electron chi connectivity index (χ2n) is 5.49. The van der Waals surface area contributed by atoms with E-state index in [1.807, 2.05) is 11.9 Å². The second-order valence-corrected chi connectivity index (χ2v) is 5.49. The Morgan fingerprint density at radius 1 is 1.13 bits per heavy atom. The smallest absolute Gasteiger partial charge is 0.225 e. The van der Waals surface area contributed by atoms with E-state index in [-0.39, 0.29) is 0 Å². The predicted octanol–water partition coefficient (Wildman–Crippen LogP) is 1.14. The van der Waals surface area contributed by atoms with Crippen molar-refractivity contribution in [2.45, 2.75) is 56.7 Å². The number of carbonyl (C=O) groups is 1. The monoisotopic (exact) mass is 208 g/mol. The number of nitrogens with zero attached hydrogens (tertiary/aromatic N) is 1. The number of hydrogen-bond acceptors (Lipinski definition) is 2. The molecule has 15 heavy (non-hydrogen) atoms. The van der Waals surface area contributed by atoms with Crippen LogP contribution in [0.5, 0.6) is 0 Å². The minimum Gasteiger partial charge on any atom is -0.342 e. The van der Waals surface area contributed by atoms with Crippen LogP contribution >= 0.6 is 0 Å². The van der Waals surface area contributed by atoms with Crippen molar-refractivity contribution in [2.24, 2.45) is 5.92 Å². The summed E-state index contributed by atoms with van der Waals surface area (Å²) in [6, 6.07) is 1.88. The number of amides is 1. The van der Waals surface area contributed by atoms with E-state index in [1.54, 1.807) is 0 Å². The van der Waals surface area contributed by atoms with Gasteiger partial charge in [0, 0.05) is 31.1 Å². The van der Waals surface area contributed by atoms with Gasteiger partial charge < -0.3 is 10.2 Å². The summed E-state index contributed by atoms with van der Waals surface area (Å²) in [4.78, 5) is 14.0. The molecule has 84 valence electrons. The molecule has 2 bridgehead atoms. The van der Waals surface area contributed by atoms with Crippen LogP contribution in [-0.4, -0.2) is 36.0 Å². The number of fused-ring (bicyclic) bond motifs is 2. The van der Waals surface area contributed by atoms with Gasteiger partial charge in [-0.25, -0.2) is 0 Å². The van der Waals surface area contributed by atoms with E-state index in [0.29, 0.717) is 30.0 Å². The summed E-state index contributed by atoms with van der Waals surface area (Å²) in [6.07, 6.45) is 7.22. The second kappa shape index (κ2) is 3.48. The first-order chi connectivity index (χ1) is 7.24. The highest BCUT2D eigenvalue weighted by Crippen LogP contribution is 2.34. The zero-order chi connectivity index (χ0) is 10.4. The first kappa shape index (κ1) is 9.64. The fraction of sp³-hybridized carbons (Fsp3) is 0.917. The van der Waals surface area contributed by atoms with Gasteiger partial charge in [0.1, 0.15) is 0 Å². The molecular weight excluding hydrogens is 188 g/mol. The van der Waals surface area contributed by atoms with Crippen LogP contribution < -0.4 is 5.32 Å². The fourth-order valence-electron chi connectivity index (χ4n) is 3.14. The average molecular weight is 208 g/mol. The standard InChI is InChI=1S/C12H20N2O/c1-14(12(15)8-2-3-8)11-6-9-4-5-10(7-11)13-9/h8-11,13H,2-7H2,1H3. The lowest BCUT2D eigenvalue weighted by atomic mass is 9.98. The van der Waals surface area contributed by atoms with Crippen LogP contribution in [-0.2, 0) is 4.79 Å². The highest BCUT2D eigenvalue weighted by molar-refractivity contribution is 5.81. The molecule has 2 unspecified atom stereocenters. The van der Waals surface area contributed by atoms with Crippen molar-refractivity contribution < 1.29 is 4.79 Å². The third-order valence-electron chi connectivity index (χ3n) is 4.27. The molecule has 3 aliphatic rings. The van der Waals surface area contributed by atoms with Crippen molar-refractivity contribution in [1.29, 1.82) is 0 Å². The molecular formula is C12H20N2O. The molecule has 3 heteroatoms. The van der Waals surface area contributed by atoms with Crippen molar-refractivity contribution in [3.63, 3.8) is 0 Å². The summed E-state index contributed by atoms with van der Waals surface area (Å²) in [5.41, 5.74) is 0. The first-order valence-corrected chi connectivity index (χ1v) is 6.27. The van der Waals surface area contributed by atoms with Gasteiger partial charge in [-0.2, -0.15) is 0 Å². The van der Waals surface area contributed by atoms with Gasteiger partial charge in [-0.1, -0.05) is 0 Å². The maximum Gasteiger partial charge on any atom is 0.225 e. The highest BCUT2D eigenvalue weighted by atomic mass is 16.2. The SMILES string of the molecule is CN(C(=O)C1CC1)C1CC2CCC(C1)N2. The molecule has 0 aromatic rings. The van der Waals surface area contributed by atoms with E-state index in [2.05, 4.69) is 5.32 Å². The van der Waals surface area contributed by atoms with Gasteiger partial charge in [0.05, 0.1) is 0 Å². The number of nitrogens with one attached hydrogen (secondary N) is 1. The Morgan fingerprint density at radius 3 is 2.27 bits per heavy atom. The van der Waals surface area contributed by atoms with Gasteiger partial charge in [0.2, 0.25) is 5.91 Å². The molecule has 0 aromatic carbocycles. The molecule has 1 saturated carbocycles. The molecule has 3 fully saturated rings.